The Balaban J connectivity index is 1.55. The zero-order valence-electron chi connectivity index (χ0n) is 18.8. The summed E-state index contributed by atoms with van der Waals surface area (Å²) in [6.45, 7) is 11.8. The number of thiazole rings is 1. The van der Waals surface area contributed by atoms with Crippen LogP contribution in [0.15, 0.2) is 46.4 Å². The number of ether oxygens (including phenoxy) is 2. The minimum Gasteiger partial charge on any atom is -0.494 e. The lowest BCUT2D eigenvalue weighted by molar-refractivity contribution is -0.692. The van der Waals surface area contributed by atoms with Crippen LogP contribution in [0.1, 0.15) is 43.3 Å². The Bertz CT molecular complexity index is 1020. The van der Waals surface area contributed by atoms with Crippen molar-refractivity contribution in [3.8, 4) is 5.75 Å². The number of benzene rings is 1. The van der Waals surface area contributed by atoms with Gasteiger partial charge in [0, 0.05) is 36.6 Å². The Labute approximate surface area is 193 Å². The number of nitrogens with zero attached hydrogens (tertiary/aromatic N) is 2. The molecule has 164 valence electrons. The van der Waals surface area contributed by atoms with Gasteiger partial charge >= 0.3 is 0 Å². The van der Waals surface area contributed by atoms with Gasteiger partial charge in [-0.2, -0.15) is 4.57 Å². The van der Waals surface area contributed by atoms with Crippen molar-refractivity contribution >= 4 is 40.9 Å². The molecule has 0 saturated carbocycles. The molecule has 2 aliphatic rings. The van der Waals surface area contributed by atoms with Gasteiger partial charge in [0.25, 0.3) is 5.01 Å². The molecular formula is C25H31N2O2S2+. The fourth-order valence-electron chi connectivity index (χ4n) is 4.07. The van der Waals surface area contributed by atoms with Crippen LogP contribution in [-0.2, 0) is 17.7 Å². The summed E-state index contributed by atoms with van der Waals surface area (Å²) in [6.07, 6.45) is 12.3. The molecule has 31 heavy (non-hydrogen) atoms. The average Bonchev–Trinajstić information content (AvgIpc) is 3.30. The highest BCUT2D eigenvalue weighted by Crippen LogP contribution is 2.47. The Hall–Kier alpha value is -2.02. The van der Waals surface area contributed by atoms with Crippen molar-refractivity contribution in [1.29, 1.82) is 0 Å². The molecule has 0 saturated heterocycles. The second-order valence-electron chi connectivity index (χ2n) is 7.32. The van der Waals surface area contributed by atoms with Crippen LogP contribution < -0.4 is 14.2 Å². The zero-order valence-corrected chi connectivity index (χ0v) is 20.4. The van der Waals surface area contributed by atoms with Crippen molar-refractivity contribution in [1.82, 2.24) is 0 Å². The maximum atomic E-state index is 5.82. The van der Waals surface area contributed by atoms with Gasteiger partial charge in [0.2, 0.25) is 5.69 Å². The molecule has 4 rings (SSSR count). The van der Waals surface area contributed by atoms with E-state index in [1.165, 1.54) is 31.2 Å². The molecule has 1 aliphatic heterocycles. The fraction of sp³-hybridized carbons (Fsp3) is 0.400. The van der Waals surface area contributed by atoms with Crippen molar-refractivity contribution in [3.05, 3.63) is 57.0 Å². The largest absolute Gasteiger partial charge is 0.494 e. The average molecular weight is 456 g/mol. The molecule has 2 heterocycles. The maximum absolute atomic E-state index is 5.82. The summed E-state index contributed by atoms with van der Waals surface area (Å²) in [7, 11) is 0. The van der Waals surface area contributed by atoms with E-state index in [1.54, 1.807) is 0 Å². The third kappa shape index (κ3) is 4.61. The highest BCUT2D eigenvalue weighted by molar-refractivity contribution is 8.03. The number of rotatable bonds is 8. The predicted octanol–water partition coefficient (Wildman–Crippen LogP) is 5.92. The number of aromatic nitrogens is 1. The summed E-state index contributed by atoms with van der Waals surface area (Å²) in [5, 5.41) is 2.54. The van der Waals surface area contributed by atoms with Crippen molar-refractivity contribution < 1.29 is 14.0 Å². The molecule has 0 bridgehead atoms. The first-order valence-corrected chi connectivity index (χ1v) is 12.8. The number of fused-ring (bicyclic) bond motifs is 2. The van der Waals surface area contributed by atoms with Gasteiger partial charge in [-0.1, -0.05) is 29.2 Å². The van der Waals surface area contributed by atoms with Crippen molar-refractivity contribution in [2.24, 2.45) is 0 Å². The Morgan fingerprint density at radius 1 is 1.19 bits per heavy atom. The first kappa shape index (κ1) is 22.2. The van der Waals surface area contributed by atoms with Gasteiger partial charge in [0.1, 0.15) is 12.3 Å². The van der Waals surface area contributed by atoms with Gasteiger partial charge in [-0.15, -0.1) is 0 Å². The van der Waals surface area contributed by atoms with E-state index in [-0.39, 0.29) is 6.10 Å². The molecule has 1 atom stereocenters. The van der Waals surface area contributed by atoms with E-state index in [0.717, 1.165) is 31.9 Å². The van der Waals surface area contributed by atoms with E-state index in [9.17, 15) is 0 Å². The summed E-state index contributed by atoms with van der Waals surface area (Å²) < 4.78 is 13.9. The monoisotopic (exact) mass is 455 g/mol. The van der Waals surface area contributed by atoms with E-state index in [2.05, 4.69) is 78.8 Å². The second kappa shape index (κ2) is 10.1. The molecule has 0 fully saturated rings. The number of allylic oxidation sites excluding steroid dienone is 2. The maximum Gasteiger partial charge on any atom is 0.262 e. The van der Waals surface area contributed by atoms with Crippen LogP contribution in [0.3, 0.4) is 0 Å². The Morgan fingerprint density at radius 2 is 2.06 bits per heavy atom. The van der Waals surface area contributed by atoms with Crippen LogP contribution in [-0.4, -0.2) is 25.9 Å². The van der Waals surface area contributed by atoms with Crippen molar-refractivity contribution in [2.75, 3.05) is 24.7 Å². The second-order valence-corrected chi connectivity index (χ2v) is 9.50. The smallest absolute Gasteiger partial charge is 0.262 e. The molecule has 1 unspecified atom stereocenters. The highest BCUT2D eigenvalue weighted by Gasteiger charge is 2.27. The lowest BCUT2D eigenvalue weighted by Crippen LogP contribution is -2.37. The summed E-state index contributed by atoms with van der Waals surface area (Å²) in [5.41, 5.74) is 2.59. The predicted molar refractivity (Wildman–Crippen MR) is 132 cm³/mol. The van der Waals surface area contributed by atoms with Gasteiger partial charge in [-0.05, 0) is 58.0 Å². The van der Waals surface area contributed by atoms with Gasteiger partial charge in [0.05, 0.1) is 28.3 Å². The fourth-order valence-corrected chi connectivity index (χ4v) is 6.50. The summed E-state index contributed by atoms with van der Waals surface area (Å²) >= 11 is 3.69. The van der Waals surface area contributed by atoms with Crippen LogP contribution in [0, 0.1) is 0 Å². The van der Waals surface area contributed by atoms with Crippen LogP contribution in [0.25, 0.3) is 12.2 Å². The summed E-state index contributed by atoms with van der Waals surface area (Å²) in [5.74, 6) is 0.938. The standard InChI is InChI=1S/C25H31N2O2S2/c1-5-26-20-14-12-18(28-7-3)16-22(20)30-24(26)10-9-11-25-27(6-2)21-15-13-19(29-8-4)17-23(21)31-25/h9-16,19H,5-8,17H2,1-4H3/q+1. The van der Waals surface area contributed by atoms with Crippen LogP contribution >= 0.6 is 23.1 Å². The van der Waals surface area contributed by atoms with Gasteiger partial charge < -0.3 is 14.4 Å². The lowest BCUT2D eigenvalue weighted by Gasteiger charge is -2.17. The van der Waals surface area contributed by atoms with Gasteiger partial charge in [-0.3, -0.25) is 0 Å². The minimum absolute atomic E-state index is 0.202. The summed E-state index contributed by atoms with van der Waals surface area (Å²) in [6, 6.07) is 6.38. The van der Waals surface area contributed by atoms with E-state index in [0.29, 0.717) is 6.61 Å². The molecule has 6 heteroatoms. The van der Waals surface area contributed by atoms with Crippen molar-refractivity contribution in [2.45, 2.75) is 51.7 Å². The molecule has 4 nitrogen and oxygen atoms in total. The zero-order chi connectivity index (χ0) is 21.8. The van der Waals surface area contributed by atoms with E-state index in [4.69, 9.17) is 9.47 Å². The molecule has 1 aliphatic carbocycles. The van der Waals surface area contributed by atoms with Gasteiger partial charge in [0.15, 0.2) is 0 Å². The number of hydrogen-bond acceptors (Lipinski definition) is 5. The van der Waals surface area contributed by atoms with Gasteiger partial charge in [-0.25, -0.2) is 0 Å². The number of anilines is 1. The summed E-state index contributed by atoms with van der Waals surface area (Å²) in [4.78, 5) is 5.04. The highest BCUT2D eigenvalue weighted by atomic mass is 32.2. The first-order valence-electron chi connectivity index (χ1n) is 11.1. The lowest BCUT2D eigenvalue weighted by atomic mass is 10.1. The first-order chi connectivity index (χ1) is 15.2. The van der Waals surface area contributed by atoms with E-state index in [1.807, 2.05) is 30.0 Å². The third-order valence-electron chi connectivity index (χ3n) is 5.43. The molecule has 0 amide bonds. The number of hydrogen-bond donors (Lipinski definition) is 0. The molecule has 0 radical (unpaired) electrons. The van der Waals surface area contributed by atoms with Crippen molar-refractivity contribution in [3.63, 3.8) is 0 Å². The molecule has 0 N–H and O–H groups in total. The molecule has 2 aromatic rings. The molecule has 1 aromatic heterocycles. The quantitative estimate of drug-likeness (QED) is 0.462. The molecular weight excluding hydrogens is 424 g/mol. The Morgan fingerprint density at radius 3 is 2.81 bits per heavy atom. The van der Waals surface area contributed by atoms with Crippen LogP contribution in [0.4, 0.5) is 5.69 Å². The minimum atomic E-state index is 0.202. The van der Waals surface area contributed by atoms with Crippen LogP contribution in [0.2, 0.25) is 0 Å². The SMILES string of the molecule is CCOc1ccc2c(c1)S/C(=C/C=C/c1sc3c([n+]1CC)C=CC(OCC)C3)N2CC. The van der Waals surface area contributed by atoms with Crippen LogP contribution in [0.5, 0.6) is 5.75 Å². The third-order valence-corrected chi connectivity index (χ3v) is 7.73. The van der Waals surface area contributed by atoms with E-state index >= 15 is 0 Å². The topological polar surface area (TPSA) is 25.6 Å². The molecule has 1 aromatic carbocycles. The molecule has 0 spiro atoms. The normalized spacial score (nSPS) is 18.8. The van der Waals surface area contributed by atoms with E-state index < -0.39 is 0 Å². The Kier molecular flexibility index (Phi) is 7.20. The number of thioether (sulfide) groups is 1.